The highest BCUT2D eigenvalue weighted by atomic mass is 16.5. The summed E-state index contributed by atoms with van der Waals surface area (Å²) in [6.45, 7) is 1.44. The van der Waals surface area contributed by atoms with Crippen LogP contribution in [-0.2, 0) is 0 Å². The van der Waals surface area contributed by atoms with E-state index in [2.05, 4.69) is 22.0 Å². The third kappa shape index (κ3) is 3.82. The van der Waals surface area contributed by atoms with Crippen LogP contribution in [0.2, 0.25) is 0 Å². The van der Waals surface area contributed by atoms with E-state index < -0.39 is 0 Å². The molecule has 0 saturated carbocycles. The number of H-pyrrole nitrogens is 1. The minimum Gasteiger partial charge on any atom is -0.497 e. The number of Topliss-reactive ketones (excluding diaryl/α,β-unsaturated/α-hetero) is 1. The van der Waals surface area contributed by atoms with E-state index in [1.54, 1.807) is 13.3 Å². The normalized spacial score (nSPS) is 19.3. The molecule has 4 heteroatoms. The van der Waals surface area contributed by atoms with Crippen molar-refractivity contribution in [1.82, 2.24) is 9.88 Å². The topological polar surface area (TPSA) is 45.3 Å². The molecule has 0 unspecified atom stereocenters. The first-order chi connectivity index (χ1) is 11.3. The molecule has 2 aromatic rings. The molecule has 1 aliphatic rings. The fraction of sp³-hybridized carbons (Fsp3) is 0.421. The highest BCUT2D eigenvalue weighted by Gasteiger charge is 2.25. The van der Waals surface area contributed by atoms with Crippen molar-refractivity contribution in [3.8, 4) is 5.75 Å². The molecule has 2 heterocycles. The number of hydrogen-bond donors (Lipinski definition) is 1. The van der Waals surface area contributed by atoms with Gasteiger partial charge in [0.15, 0.2) is 5.78 Å². The largest absolute Gasteiger partial charge is 0.497 e. The van der Waals surface area contributed by atoms with Gasteiger partial charge in [-0.05, 0) is 49.2 Å². The van der Waals surface area contributed by atoms with E-state index in [9.17, 15) is 4.79 Å². The standard InChI is InChI=1S/C19H24N2O2/c1-23-16-10-8-15(9-11-16)18-7-3-2-4-13-21(18)14-19(22)17-6-5-12-20-17/h5-6,8-12,18,20H,2-4,7,13-14H2,1H3/t18-/m1/s1. The number of aromatic nitrogens is 1. The predicted octanol–water partition coefficient (Wildman–Crippen LogP) is 3.82. The zero-order valence-corrected chi connectivity index (χ0v) is 13.6. The first-order valence-electron chi connectivity index (χ1n) is 8.32. The van der Waals surface area contributed by atoms with E-state index in [0.717, 1.165) is 25.1 Å². The number of nitrogens with one attached hydrogen (secondary N) is 1. The van der Waals surface area contributed by atoms with Crippen molar-refractivity contribution in [3.05, 3.63) is 53.9 Å². The molecule has 23 heavy (non-hydrogen) atoms. The smallest absolute Gasteiger partial charge is 0.192 e. The van der Waals surface area contributed by atoms with Gasteiger partial charge in [0, 0.05) is 12.2 Å². The number of carbonyl (C=O) groups excluding carboxylic acids is 1. The number of nitrogens with zero attached hydrogens (tertiary/aromatic N) is 1. The number of benzene rings is 1. The second-order valence-electron chi connectivity index (χ2n) is 6.12. The van der Waals surface area contributed by atoms with Crippen molar-refractivity contribution in [1.29, 1.82) is 0 Å². The van der Waals surface area contributed by atoms with E-state index in [0.29, 0.717) is 18.3 Å². The van der Waals surface area contributed by atoms with Crippen LogP contribution in [0.4, 0.5) is 0 Å². The number of ketones is 1. The average Bonchev–Trinajstić information content (AvgIpc) is 3.03. The molecule has 0 radical (unpaired) electrons. The van der Waals surface area contributed by atoms with Crippen molar-refractivity contribution >= 4 is 5.78 Å². The second kappa shape index (κ2) is 7.47. The van der Waals surface area contributed by atoms with Crippen molar-refractivity contribution in [2.75, 3.05) is 20.2 Å². The lowest BCUT2D eigenvalue weighted by atomic mass is 10.0. The van der Waals surface area contributed by atoms with E-state index >= 15 is 0 Å². The van der Waals surface area contributed by atoms with Gasteiger partial charge in [-0.3, -0.25) is 9.69 Å². The van der Waals surface area contributed by atoms with E-state index in [-0.39, 0.29) is 5.78 Å². The van der Waals surface area contributed by atoms with Crippen molar-refractivity contribution < 1.29 is 9.53 Å². The number of methoxy groups -OCH3 is 1. The van der Waals surface area contributed by atoms with Crippen LogP contribution in [0.15, 0.2) is 42.6 Å². The molecule has 0 amide bonds. The summed E-state index contributed by atoms with van der Waals surface area (Å²) in [5.41, 5.74) is 1.97. The minimum absolute atomic E-state index is 0.162. The van der Waals surface area contributed by atoms with Crippen LogP contribution >= 0.6 is 0 Å². The predicted molar refractivity (Wildman–Crippen MR) is 90.9 cm³/mol. The van der Waals surface area contributed by atoms with Gasteiger partial charge in [0.25, 0.3) is 0 Å². The Morgan fingerprint density at radius 2 is 2.04 bits per heavy atom. The molecule has 1 saturated heterocycles. The molecule has 1 N–H and O–H groups in total. The van der Waals surface area contributed by atoms with Gasteiger partial charge in [-0.15, -0.1) is 0 Å². The Hall–Kier alpha value is -2.07. The molecule has 1 aliphatic heterocycles. The van der Waals surface area contributed by atoms with Crippen LogP contribution in [0.25, 0.3) is 0 Å². The van der Waals surface area contributed by atoms with E-state index in [1.165, 1.54) is 18.4 Å². The SMILES string of the molecule is COc1ccc([C@H]2CCCCCN2CC(=O)c2ccc[nH]2)cc1. The summed E-state index contributed by atoms with van der Waals surface area (Å²) in [6, 6.07) is 12.3. The summed E-state index contributed by atoms with van der Waals surface area (Å²) < 4.78 is 5.25. The average molecular weight is 312 g/mol. The van der Waals surface area contributed by atoms with Gasteiger partial charge in [-0.2, -0.15) is 0 Å². The molecule has 1 aromatic carbocycles. The maximum Gasteiger partial charge on any atom is 0.192 e. The summed E-state index contributed by atoms with van der Waals surface area (Å²) >= 11 is 0. The molecule has 0 bridgehead atoms. The van der Waals surface area contributed by atoms with Crippen molar-refractivity contribution in [2.45, 2.75) is 31.7 Å². The fourth-order valence-electron chi connectivity index (χ4n) is 3.33. The van der Waals surface area contributed by atoms with Crippen LogP contribution < -0.4 is 4.74 Å². The van der Waals surface area contributed by atoms with Gasteiger partial charge in [0.1, 0.15) is 5.75 Å². The monoisotopic (exact) mass is 312 g/mol. The van der Waals surface area contributed by atoms with Crippen LogP contribution in [0.1, 0.15) is 47.8 Å². The van der Waals surface area contributed by atoms with Crippen LogP contribution in [0.3, 0.4) is 0 Å². The van der Waals surface area contributed by atoms with Gasteiger partial charge in [0.2, 0.25) is 0 Å². The number of ether oxygens (including phenoxy) is 1. The molecule has 4 nitrogen and oxygen atoms in total. The van der Waals surface area contributed by atoms with Gasteiger partial charge in [0.05, 0.1) is 19.3 Å². The van der Waals surface area contributed by atoms with Crippen molar-refractivity contribution in [2.24, 2.45) is 0 Å². The lowest BCUT2D eigenvalue weighted by molar-refractivity contribution is 0.0888. The number of rotatable bonds is 5. The number of likely N-dealkylation sites (tertiary alicyclic amines) is 1. The van der Waals surface area contributed by atoms with Gasteiger partial charge in [-0.25, -0.2) is 0 Å². The van der Waals surface area contributed by atoms with E-state index in [1.807, 2.05) is 24.3 Å². The fourth-order valence-corrected chi connectivity index (χ4v) is 3.33. The summed E-state index contributed by atoms with van der Waals surface area (Å²) in [7, 11) is 1.68. The zero-order chi connectivity index (χ0) is 16.1. The van der Waals surface area contributed by atoms with Gasteiger partial charge < -0.3 is 9.72 Å². The first kappa shape index (κ1) is 15.8. The Labute approximate surface area is 137 Å². The molecule has 1 atom stereocenters. The third-order valence-electron chi connectivity index (χ3n) is 4.61. The molecule has 1 aromatic heterocycles. The summed E-state index contributed by atoms with van der Waals surface area (Å²) in [6.07, 6.45) is 6.51. The van der Waals surface area contributed by atoms with Crippen LogP contribution in [0, 0.1) is 0 Å². The number of carbonyl (C=O) groups is 1. The molecular formula is C19H24N2O2. The Morgan fingerprint density at radius 1 is 1.22 bits per heavy atom. The Bertz CT molecular complexity index is 619. The molecule has 3 rings (SSSR count). The highest BCUT2D eigenvalue weighted by molar-refractivity contribution is 5.95. The first-order valence-corrected chi connectivity index (χ1v) is 8.32. The molecule has 0 aliphatic carbocycles. The van der Waals surface area contributed by atoms with E-state index in [4.69, 9.17) is 4.74 Å². The number of hydrogen-bond acceptors (Lipinski definition) is 3. The zero-order valence-electron chi connectivity index (χ0n) is 13.6. The third-order valence-corrected chi connectivity index (χ3v) is 4.61. The Morgan fingerprint density at radius 3 is 2.74 bits per heavy atom. The van der Waals surface area contributed by atoms with Gasteiger partial charge >= 0.3 is 0 Å². The second-order valence-corrected chi connectivity index (χ2v) is 6.12. The Balaban J connectivity index is 1.77. The lowest BCUT2D eigenvalue weighted by Gasteiger charge is -2.29. The Kier molecular flexibility index (Phi) is 5.13. The molecule has 0 spiro atoms. The van der Waals surface area contributed by atoms with Crippen molar-refractivity contribution in [3.63, 3.8) is 0 Å². The quantitative estimate of drug-likeness (QED) is 0.854. The maximum absolute atomic E-state index is 12.5. The van der Waals surface area contributed by atoms with Crippen LogP contribution in [0.5, 0.6) is 5.75 Å². The summed E-state index contributed by atoms with van der Waals surface area (Å²) in [4.78, 5) is 17.8. The molecular weight excluding hydrogens is 288 g/mol. The number of aromatic amines is 1. The summed E-state index contributed by atoms with van der Waals surface area (Å²) in [5, 5.41) is 0. The van der Waals surface area contributed by atoms with Gasteiger partial charge in [-0.1, -0.05) is 25.0 Å². The van der Waals surface area contributed by atoms with Crippen LogP contribution in [-0.4, -0.2) is 35.9 Å². The lowest BCUT2D eigenvalue weighted by Crippen LogP contribution is -2.33. The summed E-state index contributed by atoms with van der Waals surface area (Å²) in [5.74, 6) is 1.03. The maximum atomic E-state index is 12.5. The molecule has 1 fully saturated rings. The highest BCUT2D eigenvalue weighted by Crippen LogP contribution is 2.31. The molecule has 122 valence electrons. The minimum atomic E-state index is 0.162.